The Hall–Kier alpha value is -4.97. The van der Waals surface area contributed by atoms with Gasteiger partial charge >= 0.3 is 0 Å². The van der Waals surface area contributed by atoms with Crippen molar-refractivity contribution in [3.8, 4) is 17.0 Å². The SMILES string of the molecule is CC(=O)[O-].COc1cc(-c2nn(C3CC[NH2+]CC3)c3ncnc(N)c23)ccc1NC(=O)c1cc2cc(C)ccc2[nH]1. The minimum Gasteiger partial charge on any atom is -0.550 e. The molecule has 1 saturated heterocycles. The molecule has 41 heavy (non-hydrogen) atoms. The molecule has 0 bridgehead atoms. The van der Waals surface area contributed by atoms with Gasteiger partial charge in [0.2, 0.25) is 0 Å². The van der Waals surface area contributed by atoms with Crippen molar-refractivity contribution in [3.63, 3.8) is 0 Å². The number of methoxy groups -OCH3 is 1. The topological polar surface area (TPSA) is 180 Å². The number of hydrogen-bond acceptors (Lipinski definition) is 8. The molecular weight excluding hydrogens is 524 g/mol. The Labute approximate surface area is 235 Å². The zero-order valence-corrected chi connectivity index (χ0v) is 23.1. The van der Waals surface area contributed by atoms with Gasteiger partial charge in [-0.15, -0.1) is 0 Å². The van der Waals surface area contributed by atoms with Crippen molar-refractivity contribution in [2.75, 3.05) is 31.2 Å². The average molecular weight is 557 g/mol. The first-order chi connectivity index (χ1) is 19.7. The van der Waals surface area contributed by atoms with Crippen LogP contribution in [0.5, 0.6) is 5.75 Å². The van der Waals surface area contributed by atoms with Gasteiger partial charge in [0.05, 0.1) is 37.3 Å². The largest absolute Gasteiger partial charge is 0.550 e. The quantitative estimate of drug-likeness (QED) is 0.253. The van der Waals surface area contributed by atoms with Crippen LogP contribution in [-0.2, 0) is 4.79 Å². The highest BCUT2D eigenvalue weighted by molar-refractivity contribution is 6.07. The van der Waals surface area contributed by atoms with Gasteiger partial charge in [0.1, 0.15) is 29.3 Å². The van der Waals surface area contributed by atoms with Gasteiger partial charge in [-0.3, -0.25) is 4.79 Å². The van der Waals surface area contributed by atoms with Crippen LogP contribution in [0.1, 0.15) is 41.9 Å². The zero-order chi connectivity index (χ0) is 29.1. The van der Waals surface area contributed by atoms with Crippen molar-refractivity contribution >= 4 is 45.3 Å². The number of aromatic nitrogens is 5. The number of nitrogens with zero attached hydrogens (tertiary/aromatic N) is 4. The molecule has 5 aromatic rings. The monoisotopic (exact) mass is 556 g/mol. The number of piperidine rings is 1. The molecule has 0 saturated carbocycles. The summed E-state index contributed by atoms with van der Waals surface area (Å²) in [5.41, 5.74) is 11.6. The van der Waals surface area contributed by atoms with Crippen molar-refractivity contribution in [3.05, 3.63) is 60.0 Å². The molecule has 212 valence electrons. The minimum atomic E-state index is -1.08. The highest BCUT2D eigenvalue weighted by atomic mass is 16.5. The molecule has 2 aromatic carbocycles. The Kier molecular flexibility index (Phi) is 7.83. The van der Waals surface area contributed by atoms with E-state index in [1.807, 2.05) is 54.1 Å². The maximum atomic E-state index is 13.0. The number of amides is 1. The third-order valence-corrected chi connectivity index (χ3v) is 7.02. The molecule has 6 N–H and O–H groups in total. The maximum Gasteiger partial charge on any atom is 0.272 e. The summed E-state index contributed by atoms with van der Waals surface area (Å²) in [6.45, 7) is 5.11. The van der Waals surface area contributed by atoms with Crippen LogP contribution in [0.15, 0.2) is 48.8 Å². The first-order valence-corrected chi connectivity index (χ1v) is 13.3. The lowest BCUT2D eigenvalue weighted by atomic mass is 10.1. The lowest BCUT2D eigenvalue weighted by Gasteiger charge is -2.21. The van der Waals surface area contributed by atoms with E-state index < -0.39 is 5.97 Å². The Morgan fingerprint density at radius 1 is 1.15 bits per heavy atom. The second-order valence-electron chi connectivity index (χ2n) is 9.98. The number of rotatable bonds is 5. The van der Waals surface area contributed by atoms with E-state index in [2.05, 4.69) is 25.6 Å². The molecule has 0 spiro atoms. The van der Waals surface area contributed by atoms with Gasteiger partial charge in [-0.05, 0) is 44.2 Å². The third-order valence-electron chi connectivity index (χ3n) is 7.02. The standard InChI is InChI=1S/C27H28N8O2.C2H4O2/c1-15-3-5-19-17(11-15)12-21(32-19)27(36)33-20-6-4-16(13-22(20)37-2)24-23-25(28)30-14-31-26(23)35(34-24)18-7-9-29-10-8-18;1-2(3)4/h3-6,11-14,18,29,32H,7-10H2,1-2H3,(H,33,36)(H2,28,30,31);1H3,(H,3,4). The molecule has 0 aliphatic carbocycles. The molecule has 3 aromatic heterocycles. The summed E-state index contributed by atoms with van der Waals surface area (Å²) in [5.74, 6) is -0.427. The van der Waals surface area contributed by atoms with Gasteiger partial charge in [-0.1, -0.05) is 17.7 Å². The molecule has 1 fully saturated rings. The normalized spacial score (nSPS) is 13.5. The number of ether oxygens (including phenoxy) is 1. The lowest BCUT2D eigenvalue weighted by Crippen LogP contribution is -2.86. The van der Waals surface area contributed by atoms with E-state index in [0.717, 1.165) is 65.9 Å². The second kappa shape index (κ2) is 11.6. The van der Waals surface area contributed by atoms with Crippen LogP contribution in [0.4, 0.5) is 11.5 Å². The number of quaternary nitrogens is 1. The number of carboxylic acid groups (broad SMARTS) is 1. The predicted octanol–water partition coefficient (Wildman–Crippen LogP) is 1.78. The molecule has 1 aliphatic rings. The van der Waals surface area contributed by atoms with E-state index in [4.69, 9.17) is 25.5 Å². The van der Waals surface area contributed by atoms with Gasteiger partial charge in [0.25, 0.3) is 5.91 Å². The van der Waals surface area contributed by atoms with Crippen LogP contribution in [0.3, 0.4) is 0 Å². The van der Waals surface area contributed by atoms with E-state index in [1.54, 1.807) is 7.11 Å². The van der Waals surface area contributed by atoms with Crippen molar-refractivity contribution in [1.82, 2.24) is 24.7 Å². The number of anilines is 2. The van der Waals surface area contributed by atoms with Crippen LogP contribution in [0.2, 0.25) is 0 Å². The maximum absolute atomic E-state index is 13.0. The van der Waals surface area contributed by atoms with E-state index in [0.29, 0.717) is 28.6 Å². The molecule has 0 unspecified atom stereocenters. The van der Waals surface area contributed by atoms with Crippen LogP contribution < -0.4 is 26.2 Å². The zero-order valence-electron chi connectivity index (χ0n) is 23.1. The van der Waals surface area contributed by atoms with Crippen molar-refractivity contribution in [1.29, 1.82) is 0 Å². The molecule has 6 rings (SSSR count). The van der Waals surface area contributed by atoms with Gasteiger partial charge < -0.3 is 36.0 Å². The molecule has 0 atom stereocenters. The fraction of sp³-hybridized carbons (Fsp3) is 0.276. The number of carbonyl (C=O) groups excluding carboxylic acids is 2. The predicted molar refractivity (Wildman–Crippen MR) is 153 cm³/mol. The summed E-state index contributed by atoms with van der Waals surface area (Å²) in [7, 11) is 1.58. The van der Waals surface area contributed by atoms with Crippen molar-refractivity contribution in [2.24, 2.45) is 0 Å². The number of nitrogen functional groups attached to an aromatic ring is 1. The first kappa shape index (κ1) is 27.6. The minimum absolute atomic E-state index is 0.249. The number of fused-ring (bicyclic) bond motifs is 2. The summed E-state index contributed by atoms with van der Waals surface area (Å²) in [6, 6.07) is 13.7. The number of carboxylic acids is 1. The summed E-state index contributed by atoms with van der Waals surface area (Å²) >= 11 is 0. The fourth-order valence-electron chi connectivity index (χ4n) is 5.11. The number of H-pyrrole nitrogens is 1. The highest BCUT2D eigenvalue weighted by Crippen LogP contribution is 2.37. The average Bonchev–Trinajstić information content (AvgIpc) is 3.56. The fourth-order valence-corrected chi connectivity index (χ4v) is 5.11. The van der Waals surface area contributed by atoms with Crippen molar-refractivity contribution in [2.45, 2.75) is 32.7 Å². The van der Waals surface area contributed by atoms with E-state index in [1.165, 1.54) is 6.33 Å². The van der Waals surface area contributed by atoms with E-state index in [9.17, 15) is 4.79 Å². The molecule has 1 aliphatic heterocycles. The first-order valence-electron chi connectivity index (χ1n) is 13.3. The van der Waals surface area contributed by atoms with Crippen LogP contribution >= 0.6 is 0 Å². The van der Waals surface area contributed by atoms with Crippen molar-refractivity contribution < 1.29 is 24.7 Å². The van der Waals surface area contributed by atoms with Crippen LogP contribution in [0, 0.1) is 6.92 Å². The number of nitrogens with one attached hydrogen (secondary N) is 2. The molecule has 4 heterocycles. The second-order valence-corrected chi connectivity index (χ2v) is 9.98. The number of aliphatic carboxylic acids is 1. The summed E-state index contributed by atoms with van der Waals surface area (Å²) in [4.78, 5) is 33.9. The van der Waals surface area contributed by atoms with Gasteiger partial charge in [0, 0.05) is 35.3 Å². The Morgan fingerprint density at radius 2 is 1.90 bits per heavy atom. The van der Waals surface area contributed by atoms with Crippen LogP contribution in [-0.4, -0.2) is 56.8 Å². The van der Waals surface area contributed by atoms with E-state index in [-0.39, 0.29) is 11.9 Å². The van der Waals surface area contributed by atoms with Gasteiger partial charge in [-0.25, -0.2) is 14.6 Å². The van der Waals surface area contributed by atoms with Gasteiger partial charge in [-0.2, -0.15) is 5.10 Å². The summed E-state index contributed by atoms with van der Waals surface area (Å²) in [6.07, 6.45) is 3.52. The number of nitrogens with two attached hydrogens (primary N) is 2. The number of hydrogen-bond donors (Lipinski definition) is 4. The molecule has 12 nitrogen and oxygen atoms in total. The Morgan fingerprint density at radius 3 is 2.63 bits per heavy atom. The molecule has 1 amide bonds. The summed E-state index contributed by atoms with van der Waals surface area (Å²) in [5, 5.41) is 20.9. The smallest absolute Gasteiger partial charge is 0.272 e. The molecular formula is C29H32N8O4. The summed E-state index contributed by atoms with van der Waals surface area (Å²) < 4.78 is 7.65. The van der Waals surface area contributed by atoms with Gasteiger partial charge in [0.15, 0.2) is 5.65 Å². The van der Waals surface area contributed by atoms with Crippen LogP contribution in [0.25, 0.3) is 33.2 Å². The third kappa shape index (κ3) is 5.82. The molecule has 0 radical (unpaired) electrons. The number of benzene rings is 2. The number of aromatic amines is 1. The number of carbonyl (C=O) groups is 2. The molecule has 12 heteroatoms. The Balaban J connectivity index is 0.000000794. The number of aryl methyl sites for hydroxylation is 1. The Bertz CT molecular complexity index is 1730. The lowest BCUT2D eigenvalue weighted by molar-refractivity contribution is -0.664. The highest BCUT2D eigenvalue weighted by Gasteiger charge is 2.25. The van der Waals surface area contributed by atoms with E-state index >= 15 is 0 Å².